The highest BCUT2D eigenvalue weighted by Gasteiger charge is 2.28. The molecule has 0 atom stereocenters. The van der Waals surface area contributed by atoms with E-state index >= 15 is 0 Å². The highest BCUT2D eigenvalue weighted by molar-refractivity contribution is 5.95. The summed E-state index contributed by atoms with van der Waals surface area (Å²) in [6.07, 6.45) is 1.69. The van der Waals surface area contributed by atoms with Crippen molar-refractivity contribution in [1.29, 1.82) is 0 Å². The van der Waals surface area contributed by atoms with Crippen LogP contribution in [0.3, 0.4) is 0 Å². The van der Waals surface area contributed by atoms with Gasteiger partial charge in [0.05, 0.1) is 30.4 Å². The summed E-state index contributed by atoms with van der Waals surface area (Å²) in [4.78, 5) is 14.1. The summed E-state index contributed by atoms with van der Waals surface area (Å²) in [5.41, 5.74) is 3.26. The fourth-order valence-corrected chi connectivity index (χ4v) is 3.88. The molecule has 7 heteroatoms. The standard InChI is InChI=1S/C24H26FN3O3/c1-24(2,3)31-23(29)28-12-11-16(14-28)22-17-10-9-15(13-19(17)26-27(22)4)21-18(25)7-6-8-20(21)30-5/h6-11,13H,12,14H2,1-5H3. The number of halogens is 1. The molecule has 0 saturated heterocycles. The molecule has 4 rings (SSSR count). The lowest BCUT2D eigenvalue weighted by Crippen LogP contribution is -2.35. The van der Waals surface area contributed by atoms with E-state index in [1.54, 1.807) is 21.7 Å². The smallest absolute Gasteiger partial charge is 0.410 e. The summed E-state index contributed by atoms with van der Waals surface area (Å²) in [6, 6.07) is 10.5. The molecule has 162 valence electrons. The number of fused-ring (bicyclic) bond motifs is 1. The molecular formula is C24H26FN3O3. The van der Waals surface area contributed by atoms with Gasteiger partial charge in [-0.05, 0) is 56.2 Å². The van der Waals surface area contributed by atoms with E-state index in [1.165, 1.54) is 13.2 Å². The Hall–Kier alpha value is -3.35. The molecule has 1 aliphatic rings. The highest BCUT2D eigenvalue weighted by atomic mass is 19.1. The van der Waals surface area contributed by atoms with Gasteiger partial charge >= 0.3 is 6.09 Å². The van der Waals surface area contributed by atoms with Crippen LogP contribution in [0.4, 0.5) is 9.18 Å². The molecule has 1 aliphatic heterocycles. The van der Waals surface area contributed by atoms with Gasteiger partial charge in [-0.1, -0.05) is 18.2 Å². The number of hydrogen-bond donors (Lipinski definition) is 0. The van der Waals surface area contributed by atoms with Crippen LogP contribution in [0.2, 0.25) is 0 Å². The van der Waals surface area contributed by atoms with Crippen molar-refractivity contribution in [2.24, 2.45) is 7.05 Å². The van der Waals surface area contributed by atoms with Gasteiger partial charge in [-0.15, -0.1) is 0 Å². The minimum atomic E-state index is -0.538. The number of aromatic nitrogens is 2. The first-order chi connectivity index (χ1) is 14.7. The predicted molar refractivity (Wildman–Crippen MR) is 118 cm³/mol. The molecular weight excluding hydrogens is 397 g/mol. The molecule has 1 aromatic heterocycles. The summed E-state index contributed by atoms with van der Waals surface area (Å²) in [5, 5.41) is 5.58. The van der Waals surface area contributed by atoms with Crippen LogP contribution in [0.5, 0.6) is 5.75 Å². The first-order valence-corrected chi connectivity index (χ1v) is 10.1. The molecule has 2 heterocycles. The third-order valence-corrected chi connectivity index (χ3v) is 5.19. The lowest BCUT2D eigenvalue weighted by atomic mass is 10.0. The van der Waals surface area contributed by atoms with Crippen molar-refractivity contribution in [3.8, 4) is 16.9 Å². The van der Waals surface area contributed by atoms with Gasteiger partial charge in [-0.25, -0.2) is 9.18 Å². The SMILES string of the molecule is COc1cccc(F)c1-c1ccc2c(C3=CCN(C(=O)OC(C)(C)C)C3)n(C)nc2c1. The van der Waals surface area contributed by atoms with E-state index in [0.717, 1.165) is 22.2 Å². The Morgan fingerprint density at radius 3 is 2.68 bits per heavy atom. The van der Waals surface area contributed by atoms with E-state index in [9.17, 15) is 9.18 Å². The molecule has 0 saturated carbocycles. The zero-order valence-electron chi connectivity index (χ0n) is 18.4. The Morgan fingerprint density at radius 2 is 1.97 bits per heavy atom. The van der Waals surface area contributed by atoms with E-state index in [-0.39, 0.29) is 11.9 Å². The summed E-state index contributed by atoms with van der Waals surface area (Å²) >= 11 is 0. The maximum Gasteiger partial charge on any atom is 0.410 e. The second-order valence-corrected chi connectivity index (χ2v) is 8.61. The molecule has 0 aliphatic carbocycles. The van der Waals surface area contributed by atoms with Crippen LogP contribution in [0.1, 0.15) is 26.5 Å². The van der Waals surface area contributed by atoms with Crippen molar-refractivity contribution in [3.63, 3.8) is 0 Å². The molecule has 31 heavy (non-hydrogen) atoms. The van der Waals surface area contributed by atoms with Crippen molar-refractivity contribution in [2.75, 3.05) is 20.2 Å². The second kappa shape index (κ2) is 7.72. The lowest BCUT2D eigenvalue weighted by Gasteiger charge is -2.24. The number of rotatable bonds is 3. The van der Waals surface area contributed by atoms with E-state index in [0.29, 0.717) is 30.0 Å². The first kappa shape index (κ1) is 20.9. The molecule has 0 spiro atoms. The Kier molecular flexibility index (Phi) is 5.21. The lowest BCUT2D eigenvalue weighted by molar-refractivity contribution is 0.0306. The number of hydrogen-bond acceptors (Lipinski definition) is 4. The number of carbonyl (C=O) groups is 1. The van der Waals surface area contributed by atoms with Gasteiger partial charge in [-0.2, -0.15) is 5.10 Å². The Bertz CT molecular complexity index is 1190. The van der Waals surface area contributed by atoms with Crippen LogP contribution < -0.4 is 4.74 Å². The molecule has 3 aromatic rings. The number of aryl methyl sites for hydroxylation is 1. The van der Waals surface area contributed by atoms with Crippen LogP contribution in [0.25, 0.3) is 27.6 Å². The van der Waals surface area contributed by atoms with Crippen LogP contribution in [0.15, 0.2) is 42.5 Å². The van der Waals surface area contributed by atoms with E-state index < -0.39 is 5.60 Å². The van der Waals surface area contributed by atoms with Crippen LogP contribution >= 0.6 is 0 Å². The summed E-state index contributed by atoms with van der Waals surface area (Å²) in [5.74, 6) is 0.128. The van der Waals surface area contributed by atoms with Gasteiger partial charge in [0, 0.05) is 19.0 Å². The third-order valence-electron chi connectivity index (χ3n) is 5.19. The number of methoxy groups -OCH3 is 1. The van der Waals surface area contributed by atoms with Crippen molar-refractivity contribution in [2.45, 2.75) is 26.4 Å². The van der Waals surface area contributed by atoms with Gasteiger partial charge < -0.3 is 14.4 Å². The maximum atomic E-state index is 14.5. The number of nitrogens with zero attached hydrogens (tertiary/aromatic N) is 3. The fraction of sp³-hybridized carbons (Fsp3) is 0.333. The molecule has 0 unspecified atom stereocenters. The zero-order valence-corrected chi connectivity index (χ0v) is 18.4. The minimum Gasteiger partial charge on any atom is -0.496 e. The van der Waals surface area contributed by atoms with Crippen LogP contribution in [0, 0.1) is 5.82 Å². The largest absolute Gasteiger partial charge is 0.496 e. The van der Waals surface area contributed by atoms with E-state index in [4.69, 9.17) is 9.47 Å². The third kappa shape index (κ3) is 4.00. The number of benzene rings is 2. The first-order valence-electron chi connectivity index (χ1n) is 10.1. The molecule has 1 amide bonds. The minimum absolute atomic E-state index is 0.334. The Balaban J connectivity index is 1.66. The van der Waals surface area contributed by atoms with Gasteiger partial charge in [0.2, 0.25) is 0 Å². The summed E-state index contributed by atoms with van der Waals surface area (Å²) in [7, 11) is 3.40. The van der Waals surface area contributed by atoms with Gasteiger partial charge in [-0.3, -0.25) is 4.68 Å². The molecule has 0 radical (unpaired) electrons. The zero-order chi connectivity index (χ0) is 22.3. The summed E-state index contributed by atoms with van der Waals surface area (Å²) < 4.78 is 27.2. The van der Waals surface area contributed by atoms with Gasteiger partial charge in [0.25, 0.3) is 0 Å². The average molecular weight is 423 g/mol. The van der Waals surface area contributed by atoms with E-state index in [1.807, 2.05) is 52.1 Å². The van der Waals surface area contributed by atoms with Crippen molar-refractivity contribution in [3.05, 3.63) is 54.0 Å². The van der Waals surface area contributed by atoms with Gasteiger partial charge in [0.15, 0.2) is 0 Å². The number of amides is 1. The van der Waals surface area contributed by atoms with Crippen LogP contribution in [-0.2, 0) is 11.8 Å². The number of carbonyl (C=O) groups excluding carboxylic acids is 1. The average Bonchev–Trinajstić information content (AvgIpc) is 3.29. The Labute approximate surface area is 180 Å². The quantitative estimate of drug-likeness (QED) is 0.593. The second-order valence-electron chi connectivity index (χ2n) is 8.61. The summed E-state index contributed by atoms with van der Waals surface area (Å²) in [6.45, 7) is 6.50. The van der Waals surface area contributed by atoms with Crippen molar-refractivity contribution < 1.29 is 18.7 Å². The van der Waals surface area contributed by atoms with Crippen LogP contribution in [-0.4, -0.2) is 46.6 Å². The molecule has 0 bridgehead atoms. The molecule has 2 aromatic carbocycles. The monoisotopic (exact) mass is 423 g/mol. The predicted octanol–water partition coefficient (Wildman–Crippen LogP) is 5.02. The fourth-order valence-electron chi connectivity index (χ4n) is 3.88. The highest BCUT2D eigenvalue weighted by Crippen LogP contribution is 2.36. The molecule has 0 fully saturated rings. The normalized spacial score (nSPS) is 14.1. The topological polar surface area (TPSA) is 56.6 Å². The number of ether oxygens (including phenoxy) is 2. The van der Waals surface area contributed by atoms with Crippen molar-refractivity contribution in [1.82, 2.24) is 14.7 Å². The van der Waals surface area contributed by atoms with E-state index in [2.05, 4.69) is 5.10 Å². The molecule has 6 nitrogen and oxygen atoms in total. The Morgan fingerprint density at radius 1 is 1.19 bits per heavy atom. The molecule has 0 N–H and O–H groups in total. The maximum absolute atomic E-state index is 14.5. The van der Waals surface area contributed by atoms with Crippen molar-refractivity contribution >= 4 is 22.6 Å². The van der Waals surface area contributed by atoms with Gasteiger partial charge in [0.1, 0.15) is 17.2 Å².